The lowest BCUT2D eigenvalue weighted by atomic mass is 10.2. The van der Waals surface area contributed by atoms with E-state index in [1.807, 2.05) is 12.1 Å². The molecule has 1 unspecified atom stereocenters. The summed E-state index contributed by atoms with van der Waals surface area (Å²) < 4.78 is 5.99. The Morgan fingerprint density at radius 3 is 2.83 bits per heavy atom. The molecule has 0 saturated heterocycles. The zero-order valence-corrected chi connectivity index (χ0v) is 13.1. The maximum absolute atomic E-state index is 6.00. The van der Waals surface area contributed by atoms with Crippen LogP contribution in [0.25, 0.3) is 0 Å². The average Bonchev–Trinajstić information content (AvgIpc) is 2.31. The fraction of sp³-hybridized carbons (Fsp3) is 0.538. The number of methoxy groups -OCH3 is 1. The van der Waals surface area contributed by atoms with Crippen LogP contribution in [0.5, 0.6) is 0 Å². The maximum atomic E-state index is 6.00. The van der Waals surface area contributed by atoms with Crippen LogP contribution < -0.4 is 10.6 Å². The largest absolute Gasteiger partial charge is 0.383 e. The van der Waals surface area contributed by atoms with Crippen molar-refractivity contribution in [1.29, 1.82) is 0 Å². The Morgan fingerprint density at radius 1 is 1.39 bits per heavy atom. The van der Waals surface area contributed by atoms with E-state index >= 15 is 0 Å². The highest BCUT2D eigenvalue weighted by Crippen LogP contribution is 2.19. The lowest BCUT2D eigenvalue weighted by molar-refractivity contribution is 0.198. The molecule has 1 aromatic rings. The second-order valence-electron chi connectivity index (χ2n) is 4.26. The first-order valence-electron chi connectivity index (χ1n) is 6.00. The van der Waals surface area contributed by atoms with Crippen LogP contribution in [0, 0.1) is 0 Å². The molecule has 0 aliphatic carbocycles. The van der Waals surface area contributed by atoms with Crippen LogP contribution in [0.15, 0.2) is 22.7 Å². The molecule has 0 bridgehead atoms. The second kappa shape index (κ2) is 8.88. The molecule has 0 aromatic heterocycles. The number of halogens is 2. The normalized spacial score (nSPS) is 12.7. The van der Waals surface area contributed by atoms with Gasteiger partial charge in [0.25, 0.3) is 0 Å². The van der Waals surface area contributed by atoms with E-state index in [1.54, 1.807) is 7.11 Å². The second-order valence-corrected chi connectivity index (χ2v) is 5.61. The standard InChI is InChI=1S/C13H20BrClN2O/c1-10(8-16-3-4-18-2)17-9-11-5-12(14)7-13(15)6-11/h5-7,10,16-17H,3-4,8-9H2,1-2H3. The summed E-state index contributed by atoms with van der Waals surface area (Å²) in [5, 5.41) is 7.53. The molecule has 2 N–H and O–H groups in total. The first-order valence-corrected chi connectivity index (χ1v) is 7.17. The summed E-state index contributed by atoms with van der Waals surface area (Å²) in [4.78, 5) is 0. The van der Waals surface area contributed by atoms with Crippen molar-refractivity contribution in [2.75, 3.05) is 26.8 Å². The predicted octanol–water partition coefficient (Wildman–Crippen LogP) is 2.82. The van der Waals surface area contributed by atoms with Gasteiger partial charge in [-0.25, -0.2) is 0 Å². The van der Waals surface area contributed by atoms with Crippen molar-refractivity contribution in [1.82, 2.24) is 10.6 Å². The van der Waals surface area contributed by atoms with E-state index in [2.05, 4.69) is 39.6 Å². The number of hydrogen-bond acceptors (Lipinski definition) is 3. The quantitative estimate of drug-likeness (QED) is 0.717. The maximum Gasteiger partial charge on any atom is 0.0587 e. The van der Waals surface area contributed by atoms with Gasteiger partial charge in [0.1, 0.15) is 0 Å². The van der Waals surface area contributed by atoms with E-state index in [0.29, 0.717) is 6.04 Å². The first-order chi connectivity index (χ1) is 8.61. The summed E-state index contributed by atoms with van der Waals surface area (Å²) in [7, 11) is 1.71. The molecule has 1 atom stereocenters. The zero-order chi connectivity index (χ0) is 13.4. The fourth-order valence-electron chi connectivity index (χ4n) is 1.57. The Labute approximate surface area is 122 Å². The Kier molecular flexibility index (Phi) is 7.86. The summed E-state index contributed by atoms with van der Waals surface area (Å²) in [6.07, 6.45) is 0. The van der Waals surface area contributed by atoms with Gasteiger partial charge < -0.3 is 15.4 Å². The molecule has 1 rings (SSSR count). The minimum atomic E-state index is 0.402. The lowest BCUT2D eigenvalue weighted by Crippen LogP contribution is -2.37. The van der Waals surface area contributed by atoms with Gasteiger partial charge in [0, 0.05) is 42.3 Å². The molecule has 0 amide bonds. The van der Waals surface area contributed by atoms with Gasteiger partial charge in [-0.15, -0.1) is 0 Å². The molecule has 18 heavy (non-hydrogen) atoms. The summed E-state index contributed by atoms with van der Waals surface area (Å²) in [6.45, 7) is 5.51. The van der Waals surface area contributed by atoms with E-state index in [9.17, 15) is 0 Å². The van der Waals surface area contributed by atoms with Gasteiger partial charge in [-0.05, 0) is 30.7 Å². The third-order valence-electron chi connectivity index (χ3n) is 2.51. The molecule has 0 fully saturated rings. The highest BCUT2D eigenvalue weighted by Gasteiger charge is 2.02. The van der Waals surface area contributed by atoms with Crippen molar-refractivity contribution in [3.05, 3.63) is 33.3 Å². The van der Waals surface area contributed by atoms with Crippen LogP contribution in [0.2, 0.25) is 5.02 Å². The summed E-state index contributed by atoms with van der Waals surface area (Å²) in [6, 6.07) is 6.34. The third-order valence-corrected chi connectivity index (χ3v) is 3.19. The Morgan fingerprint density at radius 2 is 2.17 bits per heavy atom. The van der Waals surface area contributed by atoms with E-state index in [1.165, 1.54) is 5.56 Å². The SMILES string of the molecule is COCCNCC(C)NCc1cc(Cl)cc(Br)c1. The highest BCUT2D eigenvalue weighted by molar-refractivity contribution is 9.10. The van der Waals surface area contributed by atoms with Crippen molar-refractivity contribution in [2.24, 2.45) is 0 Å². The molecule has 0 aliphatic heterocycles. The zero-order valence-electron chi connectivity index (χ0n) is 10.8. The van der Waals surface area contributed by atoms with Gasteiger partial charge in [-0.3, -0.25) is 0 Å². The Hall–Kier alpha value is -0.130. The van der Waals surface area contributed by atoms with Crippen molar-refractivity contribution in [3.63, 3.8) is 0 Å². The number of ether oxygens (including phenoxy) is 1. The molecule has 0 saturated carbocycles. The van der Waals surface area contributed by atoms with Crippen LogP contribution in [-0.4, -0.2) is 32.8 Å². The van der Waals surface area contributed by atoms with Gasteiger partial charge >= 0.3 is 0 Å². The number of hydrogen-bond donors (Lipinski definition) is 2. The van der Waals surface area contributed by atoms with Crippen LogP contribution in [0.1, 0.15) is 12.5 Å². The van der Waals surface area contributed by atoms with Crippen molar-refractivity contribution in [2.45, 2.75) is 19.5 Å². The van der Waals surface area contributed by atoms with Gasteiger partial charge in [-0.1, -0.05) is 27.5 Å². The lowest BCUT2D eigenvalue weighted by Gasteiger charge is -2.15. The van der Waals surface area contributed by atoms with Crippen molar-refractivity contribution >= 4 is 27.5 Å². The monoisotopic (exact) mass is 334 g/mol. The highest BCUT2D eigenvalue weighted by atomic mass is 79.9. The summed E-state index contributed by atoms with van der Waals surface area (Å²) in [5.41, 5.74) is 1.18. The van der Waals surface area contributed by atoms with Gasteiger partial charge in [0.15, 0.2) is 0 Å². The average molecular weight is 336 g/mol. The van der Waals surface area contributed by atoms with Crippen LogP contribution in [-0.2, 0) is 11.3 Å². The Balaban J connectivity index is 2.26. The van der Waals surface area contributed by atoms with Crippen molar-refractivity contribution < 1.29 is 4.74 Å². The summed E-state index contributed by atoms with van der Waals surface area (Å²) in [5.74, 6) is 0. The molecular formula is C13H20BrClN2O. The molecule has 3 nitrogen and oxygen atoms in total. The minimum Gasteiger partial charge on any atom is -0.383 e. The number of benzene rings is 1. The van der Waals surface area contributed by atoms with E-state index in [0.717, 1.165) is 35.7 Å². The Bertz CT molecular complexity index is 343. The van der Waals surface area contributed by atoms with Gasteiger partial charge in [0.2, 0.25) is 0 Å². The van der Waals surface area contributed by atoms with Crippen LogP contribution in [0.4, 0.5) is 0 Å². The number of rotatable bonds is 8. The molecule has 1 aromatic carbocycles. The van der Waals surface area contributed by atoms with Crippen LogP contribution >= 0.6 is 27.5 Å². The third kappa shape index (κ3) is 6.71. The molecular weight excluding hydrogens is 316 g/mol. The van der Waals surface area contributed by atoms with Gasteiger partial charge in [0.05, 0.1) is 6.61 Å². The molecule has 102 valence electrons. The fourth-order valence-corrected chi connectivity index (χ4v) is 2.50. The van der Waals surface area contributed by atoms with Gasteiger partial charge in [-0.2, -0.15) is 0 Å². The predicted molar refractivity (Wildman–Crippen MR) is 80.2 cm³/mol. The van der Waals surface area contributed by atoms with E-state index in [-0.39, 0.29) is 0 Å². The number of nitrogens with one attached hydrogen (secondary N) is 2. The van der Waals surface area contributed by atoms with Crippen LogP contribution in [0.3, 0.4) is 0 Å². The minimum absolute atomic E-state index is 0.402. The summed E-state index contributed by atoms with van der Waals surface area (Å²) >= 11 is 9.44. The molecule has 5 heteroatoms. The molecule has 0 radical (unpaired) electrons. The molecule has 0 spiro atoms. The first kappa shape index (κ1) is 15.9. The van der Waals surface area contributed by atoms with E-state index < -0.39 is 0 Å². The molecule has 0 heterocycles. The smallest absolute Gasteiger partial charge is 0.0587 e. The topological polar surface area (TPSA) is 33.3 Å². The van der Waals surface area contributed by atoms with E-state index in [4.69, 9.17) is 16.3 Å². The molecule has 0 aliphatic rings. The van der Waals surface area contributed by atoms with Crippen molar-refractivity contribution in [3.8, 4) is 0 Å².